The molecule has 110 valence electrons. The molecule has 2 unspecified atom stereocenters. The number of rotatable bonds is 1. The van der Waals surface area contributed by atoms with E-state index in [-0.39, 0.29) is 27.8 Å². The quantitative estimate of drug-likeness (QED) is 0.377. The van der Waals surface area contributed by atoms with E-state index in [1.807, 2.05) is 0 Å². The summed E-state index contributed by atoms with van der Waals surface area (Å²) in [5.41, 5.74) is 0.492. The number of hydrogen-bond acceptors (Lipinski definition) is 5. The summed E-state index contributed by atoms with van der Waals surface area (Å²) in [6.45, 7) is 0. The molecule has 2 aromatic carbocycles. The summed E-state index contributed by atoms with van der Waals surface area (Å²) < 4.78 is 6.33. The normalized spacial score (nSPS) is 27.0. The van der Waals surface area contributed by atoms with E-state index in [1.54, 1.807) is 36.4 Å². The molecule has 0 saturated carbocycles. The Morgan fingerprint density at radius 3 is 2.29 bits per heavy atom. The molecule has 1 heterocycles. The van der Waals surface area contributed by atoms with Gasteiger partial charge in [0.25, 0.3) is 0 Å². The first-order valence-electron chi connectivity index (χ1n) is 6.57. The van der Waals surface area contributed by atoms with Crippen LogP contribution in [-0.4, -0.2) is 42.7 Å². The van der Waals surface area contributed by atoms with Gasteiger partial charge in [-0.15, -0.1) is 0 Å². The first kappa shape index (κ1) is 14.6. The second kappa shape index (κ2) is 4.82. The van der Waals surface area contributed by atoms with Crippen LogP contribution in [0.25, 0.3) is 0 Å². The number of aliphatic hydroxyl groups excluding tert-OH is 1. The molecule has 0 fully saturated rings. The van der Waals surface area contributed by atoms with Gasteiger partial charge in [0.15, 0.2) is 0 Å². The van der Waals surface area contributed by atoms with Crippen LogP contribution in [0.3, 0.4) is 0 Å². The van der Waals surface area contributed by atoms with Crippen LogP contribution in [0.5, 0.6) is 5.75 Å². The van der Waals surface area contributed by atoms with Crippen LogP contribution in [0.2, 0.25) is 0 Å². The number of benzene rings is 2. The van der Waals surface area contributed by atoms with Crippen molar-refractivity contribution >= 4 is 20.9 Å². The van der Waals surface area contributed by atoms with Gasteiger partial charge in [0.05, 0.1) is 0 Å². The van der Waals surface area contributed by atoms with Crippen LogP contribution in [0.15, 0.2) is 48.5 Å². The third kappa shape index (κ3) is 2.01. The van der Waals surface area contributed by atoms with Crippen molar-refractivity contribution in [1.29, 1.82) is 0 Å². The molecule has 6 heteroatoms. The van der Waals surface area contributed by atoms with Crippen molar-refractivity contribution in [2.45, 2.75) is 17.7 Å². The molecule has 2 atom stereocenters. The van der Waals surface area contributed by atoms with Gasteiger partial charge in [-0.25, -0.2) is 0 Å². The fourth-order valence-electron chi connectivity index (χ4n) is 2.65. The molecule has 0 aromatic heterocycles. The summed E-state index contributed by atoms with van der Waals surface area (Å²) in [4.78, 5) is 0. The van der Waals surface area contributed by atoms with Crippen molar-refractivity contribution < 1.29 is 25.2 Å². The third-order valence-electron chi connectivity index (χ3n) is 3.86. The van der Waals surface area contributed by atoms with Crippen molar-refractivity contribution in [3.8, 4) is 5.75 Å². The summed E-state index contributed by atoms with van der Waals surface area (Å²) in [6, 6.07) is 13.2. The average Bonchev–Trinajstić information content (AvgIpc) is 2.46. The monoisotopic (exact) mass is 350 g/mol. The van der Waals surface area contributed by atoms with E-state index < -0.39 is 17.7 Å². The van der Waals surface area contributed by atoms with Gasteiger partial charge in [-0.1, -0.05) is 0 Å². The Hall–Kier alpha value is -1.38. The Labute approximate surface area is 129 Å². The molecular weight excluding hydrogens is 333 g/mol. The fraction of sp³-hybridized carbons (Fsp3) is 0.200. The molecule has 5 nitrogen and oxygen atoms in total. The molecule has 2 aromatic rings. The van der Waals surface area contributed by atoms with Gasteiger partial charge in [-0.3, -0.25) is 0 Å². The van der Waals surface area contributed by atoms with Crippen molar-refractivity contribution in [3.63, 3.8) is 0 Å². The van der Waals surface area contributed by atoms with Crippen LogP contribution in [0.1, 0.15) is 17.2 Å². The minimum absolute atomic E-state index is 0.155. The maximum atomic E-state index is 10.7. The van der Waals surface area contributed by atoms with Gasteiger partial charge < -0.3 is 0 Å². The molecule has 0 spiro atoms. The predicted molar refractivity (Wildman–Crippen MR) is 79.1 cm³/mol. The zero-order valence-corrected chi connectivity index (χ0v) is 15.6. The molecule has 0 radical (unpaired) electrons. The van der Waals surface area contributed by atoms with Gasteiger partial charge in [-0.05, 0) is 0 Å². The zero-order valence-electron chi connectivity index (χ0n) is 11.4. The van der Waals surface area contributed by atoms with E-state index in [0.717, 1.165) is 4.40 Å². The molecular formula is C15H16GeO5. The van der Waals surface area contributed by atoms with Crippen LogP contribution in [-0.2, 0) is 5.79 Å². The number of ether oxygens (including phenoxy) is 1. The van der Waals surface area contributed by atoms with E-state index in [1.165, 1.54) is 12.1 Å². The molecule has 3 rings (SSSR count). The van der Waals surface area contributed by atoms with E-state index in [9.17, 15) is 20.4 Å². The average molecular weight is 349 g/mol. The summed E-state index contributed by atoms with van der Waals surface area (Å²) in [5.74, 6) is -5.03. The molecule has 0 bridgehead atoms. The van der Waals surface area contributed by atoms with Crippen LogP contribution >= 0.6 is 0 Å². The van der Waals surface area contributed by atoms with Gasteiger partial charge in [0.2, 0.25) is 0 Å². The Kier molecular flexibility index (Phi) is 3.34. The van der Waals surface area contributed by atoms with Crippen molar-refractivity contribution in [2.24, 2.45) is 0 Å². The first-order chi connectivity index (χ1) is 9.88. The van der Waals surface area contributed by atoms with E-state index in [2.05, 4.69) is 0 Å². The zero-order chi connectivity index (χ0) is 15.3. The summed E-state index contributed by atoms with van der Waals surface area (Å²) in [5, 5.41) is 41.7. The van der Waals surface area contributed by atoms with E-state index in [0.29, 0.717) is 5.56 Å². The van der Waals surface area contributed by atoms with E-state index >= 15 is 0 Å². The molecule has 0 saturated heterocycles. The SMILES string of the molecule is OC1c2[c]([GeH3])cccc2OC(O)(c2ccccc2)C1(O)O. The molecule has 0 amide bonds. The fourth-order valence-corrected chi connectivity index (χ4v) is 4.14. The molecule has 1 aliphatic heterocycles. The summed E-state index contributed by atoms with van der Waals surface area (Å²) >= 11 is 0.209. The minimum atomic E-state index is -2.85. The molecule has 21 heavy (non-hydrogen) atoms. The van der Waals surface area contributed by atoms with Gasteiger partial charge in [0.1, 0.15) is 0 Å². The standard InChI is InChI=1S/C15H16GeO5/c16-10-7-4-8-11-12(10)13(17)14(18,19)15(20,21-11)9-5-2-1-3-6-9/h1-8,13,17-20H,16H3. The Balaban J connectivity index is 2.21. The van der Waals surface area contributed by atoms with Crippen LogP contribution < -0.4 is 9.13 Å². The van der Waals surface area contributed by atoms with Crippen molar-refractivity contribution in [3.05, 3.63) is 59.7 Å². The Morgan fingerprint density at radius 2 is 1.62 bits per heavy atom. The van der Waals surface area contributed by atoms with E-state index in [4.69, 9.17) is 4.74 Å². The molecule has 0 aliphatic carbocycles. The van der Waals surface area contributed by atoms with Gasteiger partial charge in [-0.2, -0.15) is 0 Å². The number of hydrogen-bond donors (Lipinski definition) is 4. The molecule has 4 N–H and O–H groups in total. The number of aliphatic hydroxyl groups is 4. The molecule has 1 aliphatic rings. The summed E-state index contributed by atoms with van der Waals surface area (Å²) in [6.07, 6.45) is -1.65. The second-order valence-corrected chi connectivity index (χ2v) is 7.49. The number of fused-ring (bicyclic) bond motifs is 1. The Morgan fingerprint density at radius 1 is 0.952 bits per heavy atom. The van der Waals surface area contributed by atoms with Gasteiger partial charge >= 0.3 is 129 Å². The summed E-state index contributed by atoms with van der Waals surface area (Å²) in [7, 11) is 0. The Bertz CT molecular complexity index is 673. The van der Waals surface area contributed by atoms with Crippen molar-refractivity contribution in [1.82, 2.24) is 0 Å². The van der Waals surface area contributed by atoms with Crippen molar-refractivity contribution in [2.75, 3.05) is 0 Å². The first-order valence-corrected chi connectivity index (χ1v) is 8.67. The predicted octanol–water partition coefficient (Wildman–Crippen LogP) is -1.37. The van der Waals surface area contributed by atoms with Crippen LogP contribution in [0.4, 0.5) is 0 Å². The van der Waals surface area contributed by atoms with Gasteiger partial charge in [0, 0.05) is 0 Å². The topological polar surface area (TPSA) is 90.2 Å². The van der Waals surface area contributed by atoms with Crippen LogP contribution in [0, 0.1) is 0 Å². The second-order valence-electron chi connectivity index (χ2n) is 5.23. The third-order valence-corrected chi connectivity index (χ3v) is 5.69. The maximum absolute atomic E-state index is 10.7.